The third kappa shape index (κ3) is 6.23. The van der Waals surface area contributed by atoms with Gasteiger partial charge in [-0.1, -0.05) is 77.8 Å². The number of aryl methyl sites for hydroxylation is 2. The number of halogens is 1. The highest BCUT2D eigenvalue weighted by molar-refractivity contribution is 6.32. The first-order valence-corrected chi connectivity index (χ1v) is 12.3. The molecule has 4 aromatic carbocycles. The van der Waals surface area contributed by atoms with E-state index in [1.807, 2.05) is 57.2 Å². The van der Waals surface area contributed by atoms with Crippen LogP contribution in [0.2, 0.25) is 5.02 Å². The molecule has 4 aromatic rings. The Morgan fingerprint density at radius 2 is 1.78 bits per heavy atom. The number of carbonyl (C=O) groups is 1. The number of ether oxygens (including phenoxy) is 2. The largest absolute Gasteiger partial charge is 0.490 e. The molecule has 0 aromatic heterocycles. The van der Waals surface area contributed by atoms with Crippen molar-refractivity contribution < 1.29 is 14.3 Å². The molecule has 0 saturated heterocycles. The van der Waals surface area contributed by atoms with E-state index in [1.165, 1.54) is 5.56 Å². The molecule has 6 heteroatoms. The van der Waals surface area contributed by atoms with Gasteiger partial charge in [-0.2, -0.15) is 5.10 Å². The Morgan fingerprint density at radius 1 is 0.972 bits per heavy atom. The topological polar surface area (TPSA) is 59.9 Å². The van der Waals surface area contributed by atoms with E-state index in [0.717, 1.165) is 27.5 Å². The van der Waals surface area contributed by atoms with Crippen molar-refractivity contribution in [3.63, 3.8) is 0 Å². The number of carbonyl (C=O) groups excluding carboxylic acids is 1. The fourth-order valence-electron chi connectivity index (χ4n) is 4.07. The third-order valence-corrected chi connectivity index (χ3v) is 6.12. The van der Waals surface area contributed by atoms with Crippen LogP contribution in [0.3, 0.4) is 0 Å². The van der Waals surface area contributed by atoms with Gasteiger partial charge in [-0.25, -0.2) is 5.43 Å². The van der Waals surface area contributed by atoms with Crippen LogP contribution >= 0.6 is 11.6 Å². The van der Waals surface area contributed by atoms with Crippen LogP contribution in [0.4, 0.5) is 0 Å². The van der Waals surface area contributed by atoms with Gasteiger partial charge >= 0.3 is 0 Å². The third-order valence-electron chi connectivity index (χ3n) is 5.84. The van der Waals surface area contributed by atoms with Gasteiger partial charge in [-0.3, -0.25) is 4.79 Å². The van der Waals surface area contributed by atoms with Crippen molar-refractivity contribution in [2.24, 2.45) is 5.10 Å². The molecule has 4 rings (SSSR count). The Morgan fingerprint density at radius 3 is 2.58 bits per heavy atom. The number of hydrazone groups is 1. The van der Waals surface area contributed by atoms with Crippen LogP contribution < -0.4 is 14.9 Å². The molecular formula is C30H29ClN2O3. The van der Waals surface area contributed by atoms with Crippen LogP contribution in [-0.2, 0) is 17.8 Å². The Balaban J connectivity index is 1.45. The second kappa shape index (κ2) is 11.7. The van der Waals surface area contributed by atoms with E-state index in [1.54, 1.807) is 18.3 Å². The average molecular weight is 501 g/mol. The SMILES string of the molecule is CCOc1cc(/C=N/NC(=O)Cc2ccc(C)cc2C)cc(Cl)c1OCc1cccc2ccccc12. The minimum Gasteiger partial charge on any atom is -0.490 e. The first-order valence-electron chi connectivity index (χ1n) is 11.9. The Labute approximate surface area is 216 Å². The second-order valence-electron chi connectivity index (χ2n) is 8.59. The van der Waals surface area contributed by atoms with E-state index in [-0.39, 0.29) is 12.3 Å². The molecule has 0 spiro atoms. The number of amides is 1. The summed E-state index contributed by atoms with van der Waals surface area (Å²) < 4.78 is 11.9. The lowest BCUT2D eigenvalue weighted by atomic mass is 10.0. The van der Waals surface area contributed by atoms with Crippen molar-refractivity contribution in [1.29, 1.82) is 0 Å². The molecule has 0 bridgehead atoms. The lowest BCUT2D eigenvalue weighted by Crippen LogP contribution is -2.20. The predicted molar refractivity (Wildman–Crippen MR) is 146 cm³/mol. The van der Waals surface area contributed by atoms with E-state index in [0.29, 0.717) is 35.3 Å². The van der Waals surface area contributed by atoms with Crippen molar-refractivity contribution >= 4 is 34.5 Å². The summed E-state index contributed by atoms with van der Waals surface area (Å²) in [6.07, 6.45) is 1.80. The Bertz CT molecular complexity index is 1410. The van der Waals surface area contributed by atoms with Crippen LogP contribution in [0.5, 0.6) is 11.5 Å². The highest BCUT2D eigenvalue weighted by atomic mass is 35.5. The van der Waals surface area contributed by atoms with Crippen LogP contribution in [0.1, 0.15) is 34.7 Å². The molecule has 0 fully saturated rings. The first kappa shape index (κ1) is 25.3. The zero-order valence-electron chi connectivity index (χ0n) is 20.7. The van der Waals surface area contributed by atoms with E-state index in [4.69, 9.17) is 21.1 Å². The van der Waals surface area contributed by atoms with E-state index < -0.39 is 0 Å². The van der Waals surface area contributed by atoms with Crippen LogP contribution in [0.25, 0.3) is 10.8 Å². The summed E-state index contributed by atoms with van der Waals surface area (Å²) in [6.45, 7) is 6.73. The number of nitrogens with one attached hydrogen (secondary N) is 1. The van der Waals surface area contributed by atoms with Gasteiger partial charge < -0.3 is 9.47 Å². The fraction of sp³-hybridized carbons (Fsp3) is 0.200. The maximum atomic E-state index is 12.3. The molecule has 0 saturated carbocycles. The van der Waals surface area contributed by atoms with Crippen LogP contribution in [0, 0.1) is 13.8 Å². The number of benzene rings is 4. The summed E-state index contributed by atoms with van der Waals surface area (Å²) in [6, 6.07) is 23.9. The molecule has 1 N–H and O–H groups in total. The molecule has 0 aliphatic heterocycles. The number of rotatable bonds is 9. The molecule has 0 radical (unpaired) electrons. The van der Waals surface area contributed by atoms with Gasteiger partial charge in [0.1, 0.15) is 6.61 Å². The van der Waals surface area contributed by atoms with Gasteiger partial charge in [0.15, 0.2) is 11.5 Å². The van der Waals surface area contributed by atoms with Gasteiger partial charge in [0.2, 0.25) is 5.91 Å². The summed E-state index contributed by atoms with van der Waals surface area (Å²) in [5, 5.41) is 6.80. The van der Waals surface area contributed by atoms with Crippen molar-refractivity contribution in [2.45, 2.75) is 33.8 Å². The standard InChI is InChI=1S/C30H29ClN2O3/c1-4-35-28-16-22(18-32-33-29(34)17-24-13-12-20(2)14-21(24)3)15-27(31)30(28)36-19-25-10-7-9-23-8-5-6-11-26(23)25/h5-16,18H,4,17,19H2,1-3H3,(H,33,34)/b32-18+. The molecule has 0 heterocycles. The average Bonchev–Trinajstić information content (AvgIpc) is 2.85. The summed E-state index contributed by atoms with van der Waals surface area (Å²) in [4.78, 5) is 12.3. The molecule has 1 amide bonds. The van der Waals surface area contributed by atoms with E-state index in [2.05, 4.69) is 34.8 Å². The number of hydrogen-bond acceptors (Lipinski definition) is 4. The summed E-state index contributed by atoms with van der Waals surface area (Å²) in [5.74, 6) is 0.806. The van der Waals surface area contributed by atoms with Gasteiger partial charge in [0.25, 0.3) is 0 Å². The van der Waals surface area contributed by atoms with Crippen molar-refractivity contribution in [3.05, 3.63) is 106 Å². The maximum Gasteiger partial charge on any atom is 0.244 e. The quantitative estimate of drug-likeness (QED) is 0.203. The van der Waals surface area contributed by atoms with Crippen molar-refractivity contribution in [2.75, 3.05) is 6.61 Å². The molecule has 0 unspecified atom stereocenters. The minimum absolute atomic E-state index is 0.190. The van der Waals surface area contributed by atoms with Gasteiger partial charge in [-0.05, 0) is 65.9 Å². The second-order valence-corrected chi connectivity index (χ2v) is 9.00. The lowest BCUT2D eigenvalue weighted by molar-refractivity contribution is -0.120. The molecule has 36 heavy (non-hydrogen) atoms. The Kier molecular flexibility index (Phi) is 8.24. The highest BCUT2D eigenvalue weighted by Gasteiger charge is 2.13. The zero-order valence-corrected chi connectivity index (χ0v) is 21.4. The number of fused-ring (bicyclic) bond motifs is 1. The highest BCUT2D eigenvalue weighted by Crippen LogP contribution is 2.37. The number of hydrogen-bond donors (Lipinski definition) is 1. The monoisotopic (exact) mass is 500 g/mol. The van der Waals surface area contributed by atoms with Crippen molar-refractivity contribution in [1.82, 2.24) is 5.43 Å². The van der Waals surface area contributed by atoms with Gasteiger partial charge in [-0.15, -0.1) is 0 Å². The van der Waals surface area contributed by atoms with Crippen molar-refractivity contribution in [3.8, 4) is 11.5 Å². The smallest absolute Gasteiger partial charge is 0.244 e. The van der Waals surface area contributed by atoms with Gasteiger partial charge in [0.05, 0.1) is 24.3 Å². The predicted octanol–water partition coefficient (Wildman–Crippen LogP) is 6.78. The zero-order chi connectivity index (χ0) is 25.5. The summed E-state index contributed by atoms with van der Waals surface area (Å²) in [7, 11) is 0. The molecule has 5 nitrogen and oxygen atoms in total. The Hall–Kier alpha value is -3.83. The molecular weight excluding hydrogens is 472 g/mol. The molecule has 0 aliphatic carbocycles. The summed E-state index contributed by atoms with van der Waals surface area (Å²) >= 11 is 6.58. The maximum absolute atomic E-state index is 12.3. The summed E-state index contributed by atoms with van der Waals surface area (Å²) in [5.41, 5.74) is 7.56. The number of nitrogens with zero attached hydrogens (tertiary/aromatic N) is 1. The molecule has 0 aliphatic rings. The van der Waals surface area contributed by atoms with Crippen LogP contribution in [-0.4, -0.2) is 18.7 Å². The van der Waals surface area contributed by atoms with E-state index in [9.17, 15) is 4.79 Å². The first-order chi connectivity index (χ1) is 17.4. The van der Waals surface area contributed by atoms with E-state index >= 15 is 0 Å². The fourth-order valence-corrected chi connectivity index (χ4v) is 4.34. The lowest BCUT2D eigenvalue weighted by Gasteiger charge is -2.15. The van der Waals surface area contributed by atoms with Crippen LogP contribution in [0.15, 0.2) is 77.9 Å². The van der Waals surface area contributed by atoms with Gasteiger partial charge in [0, 0.05) is 0 Å². The minimum atomic E-state index is -0.190. The normalized spacial score (nSPS) is 11.1. The molecule has 0 atom stereocenters. The molecule has 184 valence electrons.